The SMILES string of the molecule is O=C(NNC(=O)[C@H]1CC(=O)N(c2ccccc2)C1)c1ccc(Cl)cc1. The van der Waals surface area contributed by atoms with Gasteiger partial charge in [0.2, 0.25) is 11.8 Å². The van der Waals surface area contributed by atoms with E-state index in [0.717, 1.165) is 5.69 Å². The number of halogens is 1. The van der Waals surface area contributed by atoms with Crippen molar-refractivity contribution >= 4 is 35.0 Å². The van der Waals surface area contributed by atoms with Crippen LogP contribution >= 0.6 is 11.6 Å². The third-order valence-corrected chi connectivity index (χ3v) is 4.22. The Kier molecular flexibility index (Phi) is 5.00. The van der Waals surface area contributed by atoms with Gasteiger partial charge in [0.15, 0.2) is 0 Å². The maximum atomic E-state index is 12.2. The number of amides is 3. The Hall–Kier alpha value is -2.86. The zero-order chi connectivity index (χ0) is 17.8. The van der Waals surface area contributed by atoms with Crippen molar-refractivity contribution in [2.45, 2.75) is 6.42 Å². The molecule has 2 N–H and O–H groups in total. The summed E-state index contributed by atoms with van der Waals surface area (Å²) in [6, 6.07) is 15.5. The van der Waals surface area contributed by atoms with Crippen LogP contribution in [-0.2, 0) is 9.59 Å². The molecule has 1 heterocycles. The molecule has 0 radical (unpaired) electrons. The maximum absolute atomic E-state index is 12.2. The number of nitrogens with zero attached hydrogens (tertiary/aromatic N) is 1. The van der Waals surface area contributed by atoms with Crippen LogP contribution in [0.25, 0.3) is 0 Å². The van der Waals surface area contributed by atoms with Crippen molar-refractivity contribution in [2.75, 3.05) is 11.4 Å². The molecule has 6 nitrogen and oxygen atoms in total. The molecule has 3 rings (SSSR count). The quantitative estimate of drug-likeness (QED) is 0.826. The van der Waals surface area contributed by atoms with E-state index in [1.165, 1.54) is 0 Å². The van der Waals surface area contributed by atoms with Crippen molar-refractivity contribution in [1.82, 2.24) is 10.9 Å². The van der Waals surface area contributed by atoms with Crippen molar-refractivity contribution < 1.29 is 14.4 Å². The fourth-order valence-corrected chi connectivity index (χ4v) is 2.76. The lowest BCUT2D eigenvalue weighted by Gasteiger charge is -2.16. The number of rotatable bonds is 3. The second kappa shape index (κ2) is 7.36. The number of hydrogen-bond acceptors (Lipinski definition) is 3. The molecule has 0 unspecified atom stereocenters. The van der Waals surface area contributed by atoms with E-state index in [1.54, 1.807) is 29.2 Å². The van der Waals surface area contributed by atoms with Gasteiger partial charge in [-0.2, -0.15) is 0 Å². The fraction of sp³-hybridized carbons (Fsp3) is 0.167. The molecule has 0 aliphatic carbocycles. The summed E-state index contributed by atoms with van der Waals surface area (Å²) in [6.07, 6.45) is 0.109. The third kappa shape index (κ3) is 3.97. The van der Waals surface area contributed by atoms with E-state index in [1.807, 2.05) is 30.3 Å². The molecular formula is C18H16ClN3O3. The molecule has 128 valence electrons. The number of hydrazine groups is 1. The molecular weight excluding hydrogens is 342 g/mol. The minimum absolute atomic E-state index is 0.109. The van der Waals surface area contributed by atoms with Crippen molar-refractivity contribution in [3.05, 3.63) is 65.2 Å². The normalized spacial score (nSPS) is 16.6. The number of carbonyl (C=O) groups excluding carboxylic acids is 3. The van der Waals surface area contributed by atoms with Gasteiger partial charge in [-0.25, -0.2) is 0 Å². The summed E-state index contributed by atoms with van der Waals surface area (Å²) in [5, 5.41) is 0.519. The second-order valence-corrected chi connectivity index (χ2v) is 6.13. The average molecular weight is 358 g/mol. The predicted octanol–water partition coefficient (Wildman–Crippen LogP) is 2.15. The van der Waals surface area contributed by atoms with Gasteiger partial charge in [-0.3, -0.25) is 25.2 Å². The van der Waals surface area contributed by atoms with Crippen LogP contribution in [0.2, 0.25) is 5.02 Å². The molecule has 0 spiro atoms. The number of benzene rings is 2. The first kappa shape index (κ1) is 17.0. The summed E-state index contributed by atoms with van der Waals surface area (Å²) in [5.41, 5.74) is 5.86. The summed E-state index contributed by atoms with van der Waals surface area (Å²) >= 11 is 5.77. The van der Waals surface area contributed by atoms with Crippen LogP contribution in [0.1, 0.15) is 16.8 Å². The smallest absolute Gasteiger partial charge is 0.269 e. The Labute approximate surface area is 149 Å². The summed E-state index contributed by atoms with van der Waals surface area (Å²) < 4.78 is 0. The zero-order valence-corrected chi connectivity index (χ0v) is 14.0. The lowest BCUT2D eigenvalue weighted by atomic mass is 10.1. The molecule has 2 aromatic carbocycles. The lowest BCUT2D eigenvalue weighted by Crippen LogP contribution is -2.45. The first-order chi connectivity index (χ1) is 12.0. The Morgan fingerprint density at radius 3 is 2.36 bits per heavy atom. The first-order valence-corrected chi connectivity index (χ1v) is 8.13. The van der Waals surface area contributed by atoms with Crippen LogP contribution in [-0.4, -0.2) is 24.3 Å². The number of nitrogens with one attached hydrogen (secondary N) is 2. The van der Waals surface area contributed by atoms with Gasteiger partial charge in [0.25, 0.3) is 5.91 Å². The van der Waals surface area contributed by atoms with Gasteiger partial charge in [0.05, 0.1) is 5.92 Å². The van der Waals surface area contributed by atoms with E-state index in [4.69, 9.17) is 11.6 Å². The van der Waals surface area contributed by atoms with E-state index in [9.17, 15) is 14.4 Å². The fourth-order valence-electron chi connectivity index (χ4n) is 2.63. The van der Waals surface area contributed by atoms with Crippen LogP contribution in [0.15, 0.2) is 54.6 Å². The van der Waals surface area contributed by atoms with Gasteiger partial charge < -0.3 is 4.90 Å². The largest absolute Gasteiger partial charge is 0.312 e. The van der Waals surface area contributed by atoms with E-state index in [-0.39, 0.29) is 18.9 Å². The summed E-state index contributed by atoms with van der Waals surface area (Å²) in [7, 11) is 0. The molecule has 1 fully saturated rings. The minimum atomic E-state index is -0.516. The zero-order valence-electron chi connectivity index (χ0n) is 13.2. The van der Waals surface area contributed by atoms with Crippen LogP contribution < -0.4 is 15.8 Å². The van der Waals surface area contributed by atoms with Gasteiger partial charge >= 0.3 is 0 Å². The van der Waals surface area contributed by atoms with Crippen molar-refractivity contribution in [1.29, 1.82) is 0 Å². The number of carbonyl (C=O) groups is 3. The molecule has 25 heavy (non-hydrogen) atoms. The summed E-state index contributed by atoms with van der Waals surface area (Å²) in [4.78, 5) is 37.9. The highest BCUT2D eigenvalue weighted by atomic mass is 35.5. The third-order valence-electron chi connectivity index (χ3n) is 3.97. The Morgan fingerprint density at radius 1 is 1.00 bits per heavy atom. The molecule has 2 aromatic rings. The molecule has 0 saturated carbocycles. The van der Waals surface area contributed by atoms with Gasteiger partial charge in [-0.05, 0) is 36.4 Å². The van der Waals surface area contributed by atoms with Gasteiger partial charge in [-0.15, -0.1) is 0 Å². The van der Waals surface area contributed by atoms with Crippen molar-refractivity contribution in [3.8, 4) is 0 Å². The van der Waals surface area contributed by atoms with Gasteiger partial charge in [-0.1, -0.05) is 29.8 Å². The number of hydrogen-bond donors (Lipinski definition) is 2. The number of anilines is 1. The van der Waals surface area contributed by atoms with E-state index < -0.39 is 17.7 Å². The van der Waals surface area contributed by atoms with Crippen LogP contribution in [0.3, 0.4) is 0 Å². The van der Waals surface area contributed by atoms with E-state index in [0.29, 0.717) is 10.6 Å². The van der Waals surface area contributed by atoms with Gasteiger partial charge in [0, 0.05) is 29.2 Å². The Bertz CT molecular complexity index is 793. The molecule has 1 saturated heterocycles. The van der Waals surface area contributed by atoms with E-state index in [2.05, 4.69) is 10.9 Å². The average Bonchev–Trinajstić information content (AvgIpc) is 3.02. The Balaban J connectivity index is 1.56. The second-order valence-electron chi connectivity index (χ2n) is 5.69. The number of para-hydroxylation sites is 1. The lowest BCUT2D eigenvalue weighted by molar-refractivity contribution is -0.126. The van der Waals surface area contributed by atoms with Crippen LogP contribution in [0, 0.1) is 5.92 Å². The van der Waals surface area contributed by atoms with E-state index >= 15 is 0 Å². The Morgan fingerprint density at radius 2 is 1.68 bits per heavy atom. The maximum Gasteiger partial charge on any atom is 0.269 e. The topological polar surface area (TPSA) is 78.5 Å². The molecule has 1 atom stereocenters. The monoisotopic (exact) mass is 357 g/mol. The van der Waals surface area contributed by atoms with Gasteiger partial charge in [0.1, 0.15) is 0 Å². The van der Waals surface area contributed by atoms with Crippen LogP contribution in [0.5, 0.6) is 0 Å². The minimum Gasteiger partial charge on any atom is -0.312 e. The van der Waals surface area contributed by atoms with Crippen molar-refractivity contribution in [2.24, 2.45) is 5.92 Å². The predicted molar refractivity (Wildman–Crippen MR) is 94.0 cm³/mol. The highest BCUT2D eigenvalue weighted by molar-refractivity contribution is 6.30. The molecule has 3 amide bonds. The van der Waals surface area contributed by atoms with Crippen LogP contribution in [0.4, 0.5) is 5.69 Å². The summed E-state index contributed by atoms with van der Waals surface area (Å²) in [6.45, 7) is 0.283. The summed E-state index contributed by atoms with van der Waals surface area (Å²) in [5.74, 6) is -1.48. The molecule has 7 heteroatoms. The highest BCUT2D eigenvalue weighted by Crippen LogP contribution is 2.24. The molecule has 1 aliphatic heterocycles. The highest BCUT2D eigenvalue weighted by Gasteiger charge is 2.35. The standard InChI is InChI=1S/C18H16ClN3O3/c19-14-8-6-12(7-9-14)17(24)20-21-18(25)13-10-16(23)22(11-13)15-4-2-1-3-5-15/h1-9,13H,10-11H2,(H,20,24)(H,21,25)/t13-/m0/s1. The van der Waals surface area contributed by atoms with Crippen molar-refractivity contribution in [3.63, 3.8) is 0 Å². The first-order valence-electron chi connectivity index (χ1n) is 7.76. The molecule has 1 aliphatic rings. The molecule has 0 bridgehead atoms. The molecule has 0 aromatic heterocycles.